The summed E-state index contributed by atoms with van der Waals surface area (Å²) in [5, 5.41) is 3.77. The molecule has 3 saturated heterocycles. The second-order valence-electron chi connectivity index (χ2n) is 20.5. The van der Waals surface area contributed by atoms with Gasteiger partial charge in [-0.15, -0.1) is 11.8 Å². The zero-order chi connectivity index (χ0) is 51.3. The summed E-state index contributed by atoms with van der Waals surface area (Å²) in [5.41, 5.74) is -0.881. The molecule has 0 aromatic heterocycles. The highest BCUT2D eigenvalue weighted by Gasteiger charge is 2.49. The van der Waals surface area contributed by atoms with Crippen LogP contribution in [-0.4, -0.2) is 139 Å². The second kappa shape index (κ2) is 22.8. The number of thioether (sulfide) groups is 1. The Kier molecular flexibility index (Phi) is 17.1. The normalized spacial score (nSPS) is 19.3. The summed E-state index contributed by atoms with van der Waals surface area (Å²) in [6.07, 6.45) is 5.84. The van der Waals surface area contributed by atoms with E-state index in [1.807, 2.05) is 47.2 Å². The van der Waals surface area contributed by atoms with Gasteiger partial charge in [0.15, 0.2) is 0 Å². The fourth-order valence-electron chi connectivity index (χ4n) is 10.3. The molecule has 4 aromatic rings. The number of benzene rings is 4. The average molecular weight is 1070 g/mol. The Bertz CT molecular complexity index is 2760. The van der Waals surface area contributed by atoms with E-state index in [9.17, 15) is 34.8 Å². The topological polar surface area (TPSA) is 132 Å². The average Bonchev–Trinajstić information content (AvgIpc) is 3.35. The van der Waals surface area contributed by atoms with Gasteiger partial charge >= 0.3 is 5.51 Å². The number of amides is 1. The van der Waals surface area contributed by atoms with Crippen LogP contribution in [0, 0.1) is 5.41 Å². The molecule has 1 amide bonds. The van der Waals surface area contributed by atoms with Crippen molar-refractivity contribution in [3.8, 4) is 0 Å². The number of allylic oxidation sites excluding steroid dienone is 1. The van der Waals surface area contributed by atoms with E-state index in [1.54, 1.807) is 12.1 Å². The molecular weight excluding hydrogens is 1010 g/mol. The van der Waals surface area contributed by atoms with Crippen LogP contribution in [0.5, 0.6) is 0 Å². The largest absolute Gasteiger partial charge is 0.501 e. The third-order valence-electron chi connectivity index (χ3n) is 14.7. The van der Waals surface area contributed by atoms with Gasteiger partial charge in [0.2, 0.25) is 0 Å². The number of rotatable bonds is 16. The smallest absolute Gasteiger partial charge is 0.381 e. The third-order valence-corrected chi connectivity index (χ3v) is 19.0. The molecule has 0 bridgehead atoms. The van der Waals surface area contributed by atoms with Crippen molar-refractivity contribution in [3.05, 3.63) is 119 Å². The first kappa shape index (κ1) is 54.1. The maximum Gasteiger partial charge on any atom is 0.501 e. The number of hydrogen-bond donors (Lipinski definition) is 2. The standard InChI is InChI=1S/C53H66ClF3N6O6S3/c1-51(2,3)63-31-27-60(28-32-63)24-20-43(38-70-45-7-5-4-6-8-45)58-48-18-17-46(35-49(48)71(65,66)53(55,56)57)72(67,68)59-50(64)40-11-15-44(16-12-40)62-29-25-61(26-30-62)37-41-36-52(22-33-69-34-23-52)21-19-47(41)39-9-13-42(54)14-10-39/h4-18,35,43,58H,19-34,36-38H2,1-3H3,(H,59,64). The number of hydrogen-bond acceptors (Lipinski definition) is 12. The predicted molar refractivity (Wildman–Crippen MR) is 281 cm³/mol. The van der Waals surface area contributed by atoms with Crippen LogP contribution in [0.15, 0.2) is 117 Å². The summed E-state index contributed by atoms with van der Waals surface area (Å²) in [5.74, 6) is -0.639. The highest BCUT2D eigenvalue weighted by Crippen LogP contribution is 2.49. The van der Waals surface area contributed by atoms with E-state index in [4.69, 9.17) is 16.3 Å². The minimum absolute atomic E-state index is 0.00182. The molecule has 1 atom stereocenters. The Balaban J connectivity index is 0.925. The van der Waals surface area contributed by atoms with Gasteiger partial charge in [-0.1, -0.05) is 47.5 Å². The van der Waals surface area contributed by atoms with Crippen LogP contribution >= 0.6 is 23.4 Å². The number of sulfonamides is 1. The number of nitrogens with zero attached hydrogens (tertiary/aromatic N) is 4. The van der Waals surface area contributed by atoms with E-state index >= 15 is 0 Å². The first-order chi connectivity index (χ1) is 34.2. The molecule has 4 aromatic carbocycles. The molecule has 8 rings (SSSR count). The Morgan fingerprint density at radius 3 is 2.10 bits per heavy atom. The molecule has 3 aliphatic heterocycles. The lowest BCUT2D eigenvalue weighted by molar-refractivity contribution is -0.0436. The maximum absolute atomic E-state index is 14.3. The van der Waals surface area contributed by atoms with Crippen LogP contribution in [0.3, 0.4) is 0 Å². The number of carbonyl (C=O) groups excluding carboxylic acids is 1. The number of halogens is 4. The molecule has 390 valence electrons. The van der Waals surface area contributed by atoms with Crippen molar-refractivity contribution in [3.63, 3.8) is 0 Å². The molecule has 12 nitrogen and oxygen atoms in total. The van der Waals surface area contributed by atoms with Crippen molar-refractivity contribution in [2.75, 3.05) is 94.6 Å². The minimum Gasteiger partial charge on any atom is -0.381 e. The molecule has 0 saturated carbocycles. The number of nitrogens with one attached hydrogen (secondary N) is 2. The molecule has 3 fully saturated rings. The van der Waals surface area contributed by atoms with Crippen molar-refractivity contribution in [2.45, 2.75) is 91.1 Å². The molecule has 1 unspecified atom stereocenters. The zero-order valence-electron chi connectivity index (χ0n) is 41.2. The molecule has 2 N–H and O–H groups in total. The summed E-state index contributed by atoms with van der Waals surface area (Å²) < 4.78 is 105. The van der Waals surface area contributed by atoms with Gasteiger partial charge in [-0.25, -0.2) is 21.6 Å². The molecular formula is C53H66ClF3N6O6S3. The Morgan fingerprint density at radius 2 is 1.46 bits per heavy atom. The Hall–Kier alpha value is -4.14. The predicted octanol–water partition coefficient (Wildman–Crippen LogP) is 9.69. The molecule has 1 aliphatic carbocycles. The molecule has 3 heterocycles. The quantitative estimate of drug-likeness (QED) is 0.104. The fourth-order valence-corrected chi connectivity index (χ4v) is 13.5. The summed E-state index contributed by atoms with van der Waals surface area (Å²) in [6, 6.07) is 26.1. The van der Waals surface area contributed by atoms with Crippen LogP contribution in [0.2, 0.25) is 5.02 Å². The number of ether oxygens (including phenoxy) is 1. The molecule has 19 heteroatoms. The van der Waals surface area contributed by atoms with E-state index in [0.29, 0.717) is 29.8 Å². The molecule has 72 heavy (non-hydrogen) atoms. The number of sulfone groups is 1. The van der Waals surface area contributed by atoms with Crippen molar-refractivity contribution >= 4 is 66.1 Å². The van der Waals surface area contributed by atoms with Crippen LogP contribution < -0.4 is 14.9 Å². The van der Waals surface area contributed by atoms with Gasteiger partial charge in [-0.05, 0) is 143 Å². The molecule has 0 radical (unpaired) electrons. The summed E-state index contributed by atoms with van der Waals surface area (Å²) in [6.45, 7) is 16.0. The lowest BCUT2D eigenvalue weighted by Gasteiger charge is -2.44. The summed E-state index contributed by atoms with van der Waals surface area (Å²) >= 11 is 7.73. The van der Waals surface area contributed by atoms with E-state index < -0.39 is 47.1 Å². The van der Waals surface area contributed by atoms with E-state index in [2.05, 4.69) is 57.8 Å². The first-order valence-electron chi connectivity index (χ1n) is 24.7. The van der Waals surface area contributed by atoms with Crippen molar-refractivity contribution in [1.82, 2.24) is 19.4 Å². The van der Waals surface area contributed by atoms with Gasteiger partial charge < -0.3 is 19.9 Å². The highest BCUT2D eigenvalue weighted by atomic mass is 35.5. The summed E-state index contributed by atoms with van der Waals surface area (Å²) in [4.78, 5) is 21.7. The minimum atomic E-state index is -6.07. The van der Waals surface area contributed by atoms with Crippen molar-refractivity contribution < 1.29 is 39.5 Å². The number of alkyl halides is 3. The SMILES string of the molecule is CC(C)(C)N1CCN(CCC(CSc2ccccc2)Nc2ccc(S(=O)(=O)NC(=O)c3ccc(N4CCN(CC5=C(c6ccc(Cl)cc6)CCC6(CCOCC6)C5)CC4)cc3)cc2S(=O)(=O)C(F)(F)F)CC1. The van der Waals surface area contributed by atoms with Crippen LogP contribution in [-0.2, 0) is 24.6 Å². The first-order valence-corrected chi connectivity index (χ1v) is 29.1. The van der Waals surface area contributed by atoms with Gasteiger partial charge in [0.25, 0.3) is 25.8 Å². The van der Waals surface area contributed by atoms with Gasteiger partial charge in [0, 0.05) is 117 Å². The monoisotopic (exact) mass is 1070 g/mol. The van der Waals surface area contributed by atoms with Gasteiger partial charge in [-0.3, -0.25) is 14.6 Å². The second-order valence-corrected chi connectivity index (χ2v) is 25.6. The van der Waals surface area contributed by atoms with E-state index in [1.165, 1.54) is 40.6 Å². The van der Waals surface area contributed by atoms with Crippen molar-refractivity contribution in [1.29, 1.82) is 0 Å². The lowest BCUT2D eigenvalue weighted by atomic mass is 9.66. The molecule has 4 aliphatic rings. The fraction of sp³-hybridized carbons (Fsp3) is 0.491. The Morgan fingerprint density at radius 1 is 0.806 bits per heavy atom. The van der Waals surface area contributed by atoms with Crippen LogP contribution in [0.1, 0.15) is 75.2 Å². The number of anilines is 2. The van der Waals surface area contributed by atoms with E-state index in [0.717, 1.165) is 127 Å². The zero-order valence-corrected chi connectivity index (χ0v) is 44.4. The third kappa shape index (κ3) is 13.4. The number of piperazine rings is 2. The lowest BCUT2D eigenvalue weighted by Crippen LogP contribution is -2.53. The van der Waals surface area contributed by atoms with Crippen LogP contribution in [0.4, 0.5) is 24.5 Å². The molecule has 1 spiro atoms. The Labute approximate surface area is 432 Å². The van der Waals surface area contributed by atoms with E-state index in [-0.39, 0.29) is 22.2 Å². The van der Waals surface area contributed by atoms with Gasteiger partial charge in [0.1, 0.15) is 4.90 Å². The number of carbonyl (C=O) groups is 1. The summed E-state index contributed by atoms with van der Waals surface area (Å²) in [7, 11) is -10.9. The van der Waals surface area contributed by atoms with Gasteiger partial charge in [-0.2, -0.15) is 13.2 Å². The highest BCUT2D eigenvalue weighted by molar-refractivity contribution is 7.99. The van der Waals surface area contributed by atoms with Gasteiger partial charge in [0.05, 0.1) is 10.6 Å². The van der Waals surface area contributed by atoms with Crippen molar-refractivity contribution in [2.24, 2.45) is 5.41 Å². The van der Waals surface area contributed by atoms with Crippen LogP contribution in [0.25, 0.3) is 5.57 Å². The maximum atomic E-state index is 14.3.